The highest BCUT2D eigenvalue weighted by atomic mass is 16.7. The van der Waals surface area contributed by atoms with Gasteiger partial charge < -0.3 is 14.2 Å². The Labute approximate surface area is 60.3 Å². The first-order valence-electron chi connectivity index (χ1n) is 3.68. The summed E-state index contributed by atoms with van der Waals surface area (Å²) in [7, 11) is 0. The Morgan fingerprint density at radius 2 is 2.30 bits per heavy atom. The number of hydrogen-bond donors (Lipinski definition) is 0. The Balaban J connectivity index is 1.54. The third-order valence-corrected chi connectivity index (χ3v) is 1.79. The number of ether oxygens (including phenoxy) is 3. The van der Waals surface area contributed by atoms with Crippen molar-refractivity contribution in [1.82, 2.24) is 0 Å². The molecule has 2 heterocycles. The molecule has 10 heavy (non-hydrogen) atoms. The lowest BCUT2D eigenvalue weighted by molar-refractivity contribution is -0.161. The molecule has 0 aliphatic carbocycles. The molecule has 57 valence electrons. The molecule has 0 saturated carbocycles. The minimum Gasteiger partial charge on any atom is -0.376 e. The minimum atomic E-state index is 0.330. The second kappa shape index (κ2) is 2.86. The van der Waals surface area contributed by atoms with Crippen LogP contribution in [-0.4, -0.2) is 25.9 Å². The van der Waals surface area contributed by atoms with Crippen molar-refractivity contribution in [2.24, 2.45) is 0 Å². The highest BCUT2D eigenvalue weighted by Crippen LogP contribution is 2.22. The van der Waals surface area contributed by atoms with Crippen molar-refractivity contribution >= 4 is 0 Å². The lowest BCUT2D eigenvalue weighted by Gasteiger charge is -2.30. The molecule has 0 N–H and O–H groups in total. The van der Waals surface area contributed by atoms with Crippen molar-refractivity contribution in [3.8, 4) is 0 Å². The predicted molar refractivity (Wildman–Crippen MR) is 34.1 cm³/mol. The van der Waals surface area contributed by atoms with Gasteiger partial charge in [-0.25, -0.2) is 0 Å². The SMILES string of the molecule is C1C[C](OCC2CCO2)O1. The molecule has 0 aromatic carbocycles. The molecule has 3 heteroatoms. The molecule has 2 fully saturated rings. The van der Waals surface area contributed by atoms with E-state index in [-0.39, 0.29) is 0 Å². The second-order valence-electron chi connectivity index (χ2n) is 2.56. The molecule has 2 aliphatic heterocycles. The Bertz CT molecular complexity index is 93.4. The third-order valence-electron chi connectivity index (χ3n) is 1.79. The first-order valence-corrected chi connectivity index (χ1v) is 3.68. The fraction of sp³-hybridized carbons (Fsp3) is 0.857. The first-order chi connectivity index (χ1) is 4.95. The quantitative estimate of drug-likeness (QED) is 0.582. The highest BCUT2D eigenvalue weighted by molar-refractivity contribution is 4.76. The first kappa shape index (κ1) is 6.58. The van der Waals surface area contributed by atoms with Crippen LogP contribution in [0.1, 0.15) is 12.8 Å². The van der Waals surface area contributed by atoms with E-state index in [1.165, 1.54) is 0 Å². The molecule has 0 aromatic rings. The summed E-state index contributed by atoms with van der Waals surface area (Å²) < 4.78 is 15.4. The molecule has 2 rings (SSSR count). The zero-order chi connectivity index (χ0) is 6.81. The monoisotopic (exact) mass is 143 g/mol. The molecule has 1 radical (unpaired) electrons. The molecule has 1 atom stereocenters. The summed E-state index contributed by atoms with van der Waals surface area (Å²) in [6.07, 6.45) is 3.22. The lowest BCUT2D eigenvalue weighted by Crippen LogP contribution is -2.34. The summed E-state index contributed by atoms with van der Waals surface area (Å²) in [5.41, 5.74) is 0. The maximum Gasteiger partial charge on any atom is 0.226 e. The van der Waals surface area contributed by atoms with Crippen LogP contribution in [0, 0.1) is 6.29 Å². The zero-order valence-corrected chi connectivity index (χ0v) is 5.84. The normalized spacial score (nSPS) is 33.0. The Morgan fingerprint density at radius 1 is 1.50 bits per heavy atom. The summed E-state index contributed by atoms with van der Waals surface area (Å²) in [6, 6.07) is 0. The van der Waals surface area contributed by atoms with Crippen molar-refractivity contribution in [3.05, 3.63) is 6.29 Å². The Morgan fingerprint density at radius 3 is 2.70 bits per heavy atom. The van der Waals surface area contributed by atoms with E-state index in [2.05, 4.69) is 0 Å². The van der Waals surface area contributed by atoms with Crippen molar-refractivity contribution in [2.75, 3.05) is 19.8 Å². The standard InChI is InChI=1S/C7H11O3/c1-3-8-6(1)5-10-7-2-4-9-7/h6H,1-5H2. The van der Waals surface area contributed by atoms with Crippen LogP contribution in [0.4, 0.5) is 0 Å². The number of rotatable bonds is 3. The van der Waals surface area contributed by atoms with Crippen molar-refractivity contribution in [2.45, 2.75) is 18.9 Å². The average molecular weight is 143 g/mol. The van der Waals surface area contributed by atoms with Gasteiger partial charge in [0.1, 0.15) is 0 Å². The van der Waals surface area contributed by atoms with Gasteiger partial charge >= 0.3 is 0 Å². The predicted octanol–water partition coefficient (Wildman–Crippen LogP) is 0.702. The zero-order valence-electron chi connectivity index (χ0n) is 5.84. The van der Waals surface area contributed by atoms with E-state index in [4.69, 9.17) is 14.2 Å². The van der Waals surface area contributed by atoms with Crippen LogP contribution >= 0.6 is 0 Å². The van der Waals surface area contributed by atoms with Gasteiger partial charge in [0.15, 0.2) is 0 Å². The van der Waals surface area contributed by atoms with Crippen molar-refractivity contribution < 1.29 is 14.2 Å². The van der Waals surface area contributed by atoms with Crippen LogP contribution in [0.3, 0.4) is 0 Å². The van der Waals surface area contributed by atoms with E-state index in [1.807, 2.05) is 0 Å². The van der Waals surface area contributed by atoms with E-state index in [9.17, 15) is 0 Å². The van der Waals surface area contributed by atoms with Crippen LogP contribution in [0.2, 0.25) is 0 Å². The molecule has 0 aromatic heterocycles. The highest BCUT2D eigenvalue weighted by Gasteiger charge is 2.25. The van der Waals surface area contributed by atoms with Crippen LogP contribution in [0.15, 0.2) is 0 Å². The van der Waals surface area contributed by atoms with Gasteiger partial charge in [-0.1, -0.05) is 0 Å². The van der Waals surface area contributed by atoms with E-state index in [0.717, 1.165) is 32.3 Å². The van der Waals surface area contributed by atoms with Crippen molar-refractivity contribution in [1.29, 1.82) is 0 Å². The van der Waals surface area contributed by atoms with E-state index in [0.29, 0.717) is 12.7 Å². The van der Waals surface area contributed by atoms with Crippen LogP contribution in [0.25, 0.3) is 0 Å². The lowest BCUT2D eigenvalue weighted by atomic mass is 10.2. The Hall–Kier alpha value is -0.120. The second-order valence-corrected chi connectivity index (χ2v) is 2.56. The molecule has 0 amide bonds. The third kappa shape index (κ3) is 1.31. The minimum absolute atomic E-state index is 0.330. The van der Waals surface area contributed by atoms with Gasteiger partial charge in [-0.05, 0) is 6.42 Å². The largest absolute Gasteiger partial charge is 0.376 e. The summed E-state index contributed by atoms with van der Waals surface area (Å²) in [6.45, 7) is 2.39. The van der Waals surface area contributed by atoms with E-state index >= 15 is 0 Å². The van der Waals surface area contributed by atoms with Gasteiger partial charge in [-0.2, -0.15) is 0 Å². The molecule has 3 nitrogen and oxygen atoms in total. The topological polar surface area (TPSA) is 27.7 Å². The molecule has 0 spiro atoms. The van der Waals surface area contributed by atoms with Crippen LogP contribution < -0.4 is 0 Å². The summed E-state index contributed by atoms with van der Waals surface area (Å²) in [5, 5.41) is 0. The molecular formula is C7H11O3. The van der Waals surface area contributed by atoms with Crippen molar-refractivity contribution in [3.63, 3.8) is 0 Å². The summed E-state index contributed by atoms with van der Waals surface area (Å²) >= 11 is 0. The Kier molecular flexibility index (Phi) is 1.88. The molecular weight excluding hydrogens is 132 g/mol. The number of hydrogen-bond acceptors (Lipinski definition) is 3. The van der Waals surface area contributed by atoms with Crippen LogP contribution in [0.5, 0.6) is 0 Å². The molecule has 2 saturated heterocycles. The van der Waals surface area contributed by atoms with Gasteiger partial charge in [0.25, 0.3) is 0 Å². The molecule has 0 bridgehead atoms. The fourth-order valence-corrected chi connectivity index (χ4v) is 0.901. The van der Waals surface area contributed by atoms with Gasteiger partial charge in [-0.3, -0.25) is 0 Å². The molecule has 2 aliphatic rings. The maximum atomic E-state index is 5.25. The maximum absolute atomic E-state index is 5.25. The summed E-state index contributed by atoms with van der Waals surface area (Å²) in [4.78, 5) is 0. The van der Waals surface area contributed by atoms with Crippen LogP contribution in [-0.2, 0) is 14.2 Å². The van der Waals surface area contributed by atoms with E-state index < -0.39 is 0 Å². The smallest absolute Gasteiger partial charge is 0.226 e. The fourth-order valence-electron chi connectivity index (χ4n) is 0.901. The van der Waals surface area contributed by atoms with Gasteiger partial charge in [-0.15, -0.1) is 0 Å². The van der Waals surface area contributed by atoms with E-state index in [1.54, 1.807) is 0 Å². The average Bonchev–Trinajstić information content (AvgIpc) is 1.70. The summed E-state index contributed by atoms with van der Waals surface area (Å²) in [5.74, 6) is 0. The van der Waals surface area contributed by atoms with Gasteiger partial charge in [0.2, 0.25) is 6.29 Å². The van der Waals surface area contributed by atoms with Gasteiger partial charge in [0.05, 0.1) is 19.3 Å². The van der Waals surface area contributed by atoms with Gasteiger partial charge in [0, 0.05) is 13.0 Å². The molecule has 1 unspecified atom stereocenters.